The van der Waals surface area contributed by atoms with E-state index in [0.717, 1.165) is 10.9 Å². The van der Waals surface area contributed by atoms with Crippen LogP contribution in [0, 0.1) is 5.41 Å². The summed E-state index contributed by atoms with van der Waals surface area (Å²) in [6, 6.07) is 9.25. The van der Waals surface area contributed by atoms with Crippen molar-refractivity contribution in [2.75, 3.05) is 18.9 Å². The Labute approximate surface area is 124 Å². The zero-order valence-corrected chi connectivity index (χ0v) is 12.4. The molecular formula is C16H21N3O2. The summed E-state index contributed by atoms with van der Waals surface area (Å²) in [6.45, 7) is 4.26. The molecule has 112 valence electrons. The third kappa shape index (κ3) is 4.16. The number of nitrogens with zero attached hydrogens (tertiary/aromatic N) is 1. The highest BCUT2D eigenvalue weighted by Crippen LogP contribution is 2.16. The van der Waals surface area contributed by atoms with Gasteiger partial charge in [-0.3, -0.25) is 9.78 Å². The number of pyridine rings is 1. The van der Waals surface area contributed by atoms with Crippen LogP contribution in [0.25, 0.3) is 10.9 Å². The van der Waals surface area contributed by atoms with Gasteiger partial charge in [0.25, 0.3) is 0 Å². The average Bonchev–Trinajstić information content (AvgIpc) is 2.45. The van der Waals surface area contributed by atoms with Crippen molar-refractivity contribution in [2.45, 2.75) is 20.3 Å². The summed E-state index contributed by atoms with van der Waals surface area (Å²) in [5, 5.41) is 12.9. The number of nitrogens with two attached hydrogens (primary N) is 1. The smallest absolute Gasteiger partial charge is 0.226 e. The number of carbonyl (C=O) groups excluding carboxylic acids is 1. The van der Waals surface area contributed by atoms with E-state index >= 15 is 0 Å². The first-order valence-electron chi connectivity index (χ1n) is 6.92. The molecule has 21 heavy (non-hydrogen) atoms. The SMILES string of the molecule is CC(C)(CO)CNC(=O)Cc1ccc2cc(N)ccc2n1. The molecule has 0 radical (unpaired) electrons. The molecule has 5 heteroatoms. The Morgan fingerprint density at radius 1 is 1.33 bits per heavy atom. The van der Waals surface area contributed by atoms with Gasteiger partial charge in [0.1, 0.15) is 0 Å². The average molecular weight is 287 g/mol. The summed E-state index contributed by atoms with van der Waals surface area (Å²) in [4.78, 5) is 16.4. The van der Waals surface area contributed by atoms with Crippen LogP contribution in [0.3, 0.4) is 0 Å². The lowest BCUT2D eigenvalue weighted by atomic mass is 9.95. The Morgan fingerprint density at radius 2 is 2.10 bits per heavy atom. The standard InChI is InChI=1S/C16H21N3O2/c1-16(2,10-20)9-18-15(21)8-13-5-3-11-7-12(17)4-6-14(11)19-13/h3-7,20H,8-10,17H2,1-2H3,(H,18,21). The fraction of sp³-hybridized carbons (Fsp3) is 0.375. The van der Waals surface area contributed by atoms with Crippen molar-refractivity contribution in [1.82, 2.24) is 10.3 Å². The molecule has 1 aromatic carbocycles. The second-order valence-corrected chi connectivity index (χ2v) is 6.03. The first kappa shape index (κ1) is 15.3. The van der Waals surface area contributed by atoms with E-state index in [9.17, 15) is 4.79 Å². The van der Waals surface area contributed by atoms with Crippen molar-refractivity contribution in [3.8, 4) is 0 Å². The molecule has 2 rings (SSSR count). The fourth-order valence-corrected chi connectivity index (χ4v) is 1.91. The monoisotopic (exact) mass is 287 g/mol. The number of amides is 1. The zero-order chi connectivity index (χ0) is 15.5. The van der Waals surface area contributed by atoms with Gasteiger partial charge < -0.3 is 16.2 Å². The summed E-state index contributed by atoms with van der Waals surface area (Å²) in [5.74, 6) is -0.0983. The van der Waals surface area contributed by atoms with Crippen LogP contribution in [0.4, 0.5) is 5.69 Å². The van der Waals surface area contributed by atoms with Gasteiger partial charge in [-0.1, -0.05) is 19.9 Å². The minimum absolute atomic E-state index is 0.0307. The molecule has 0 aliphatic heterocycles. The molecule has 0 bridgehead atoms. The molecule has 1 heterocycles. The third-order valence-corrected chi connectivity index (χ3v) is 3.30. The van der Waals surface area contributed by atoms with E-state index in [2.05, 4.69) is 10.3 Å². The Balaban J connectivity index is 2.03. The van der Waals surface area contributed by atoms with Crippen LogP contribution in [0.5, 0.6) is 0 Å². The van der Waals surface area contributed by atoms with E-state index in [1.165, 1.54) is 0 Å². The van der Waals surface area contributed by atoms with Crippen LogP contribution in [0.1, 0.15) is 19.5 Å². The Bertz CT molecular complexity index is 653. The second-order valence-electron chi connectivity index (χ2n) is 6.03. The van der Waals surface area contributed by atoms with Crippen molar-refractivity contribution < 1.29 is 9.90 Å². The fourth-order valence-electron chi connectivity index (χ4n) is 1.91. The van der Waals surface area contributed by atoms with Crippen molar-refractivity contribution in [2.24, 2.45) is 5.41 Å². The number of benzene rings is 1. The lowest BCUT2D eigenvalue weighted by molar-refractivity contribution is -0.121. The van der Waals surface area contributed by atoms with E-state index in [1.807, 2.05) is 38.1 Å². The Kier molecular flexibility index (Phi) is 4.43. The number of hydrogen-bond acceptors (Lipinski definition) is 4. The van der Waals surface area contributed by atoms with Crippen LogP contribution < -0.4 is 11.1 Å². The maximum Gasteiger partial charge on any atom is 0.226 e. The lowest BCUT2D eigenvalue weighted by Crippen LogP contribution is -2.36. The maximum absolute atomic E-state index is 11.9. The van der Waals surface area contributed by atoms with E-state index < -0.39 is 0 Å². The molecule has 2 aromatic rings. The van der Waals surface area contributed by atoms with Crippen molar-refractivity contribution in [3.63, 3.8) is 0 Å². The van der Waals surface area contributed by atoms with Gasteiger partial charge in [-0.05, 0) is 24.3 Å². The number of rotatable bonds is 5. The topological polar surface area (TPSA) is 88.2 Å². The normalized spacial score (nSPS) is 11.6. The quantitative estimate of drug-likeness (QED) is 0.727. The third-order valence-electron chi connectivity index (χ3n) is 3.30. The molecule has 0 unspecified atom stereocenters. The van der Waals surface area contributed by atoms with Gasteiger partial charge in [0.15, 0.2) is 0 Å². The van der Waals surface area contributed by atoms with Crippen LogP contribution in [0.15, 0.2) is 30.3 Å². The van der Waals surface area contributed by atoms with Gasteiger partial charge in [-0.25, -0.2) is 0 Å². The molecule has 0 fully saturated rings. The number of carbonyl (C=O) groups is 1. The molecule has 5 nitrogen and oxygen atoms in total. The molecule has 0 saturated carbocycles. The van der Waals surface area contributed by atoms with E-state index in [4.69, 9.17) is 10.8 Å². The summed E-state index contributed by atoms with van der Waals surface area (Å²) in [7, 11) is 0. The van der Waals surface area contributed by atoms with Gasteiger partial charge in [0, 0.05) is 29.6 Å². The molecule has 0 saturated heterocycles. The first-order chi connectivity index (χ1) is 9.89. The number of hydrogen-bond donors (Lipinski definition) is 3. The predicted octanol–water partition coefficient (Wildman–Crippen LogP) is 1.49. The number of aliphatic hydroxyl groups excluding tert-OH is 1. The molecule has 0 aliphatic rings. The molecule has 0 spiro atoms. The molecule has 0 atom stereocenters. The Hall–Kier alpha value is -2.14. The second kappa shape index (κ2) is 6.10. The molecule has 4 N–H and O–H groups in total. The summed E-state index contributed by atoms with van der Waals surface area (Å²) < 4.78 is 0. The van der Waals surface area contributed by atoms with E-state index in [1.54, 1.807) is 6.07 Å². The zero-order valence-electron chi connectivity index (χ0n) is 12.4. The molecule has 0 aliphatic carbocycles. The molecular weight excluding hydrogens is 266 g/mol. The van der Waals surface area contributed by atoms with Crippen LogP contribution in [0.2, 0.25) is 0 Å². The summed E-state index contributed by atoms with van der Waals surface area (Å²) in [5.41, 5.74) is 7.64. The van der Waals surface area contributed by atoms with Crippen LogP contribution in [-0.4, -0.2) is 29.1 Å². The van der Waals surface area contributed by atoms with E-state index in [-0.39, 0.29) is 24.3 Å². The summed E-state index contributed by atoms with van der Waals surface area (Å²) in [6.07, 6.45) is 0.224. The van der Waals surface area contributed by atoms with Gasteiger partial charge in [0.2, 0.25) is 5.91 Å². The van der Waals surface area contributed by atoms with Crippen molar-refractivity contribution in [1.29, 1.82) is 0 Å². The van der Waals surface area contributed by atoms with E-state index in [0.29, 0.717) is 17.9 Å². The van der Waals surface area contributed by atoms with Crippen molar-refractivity contribution in [3.05, 3.63) is 36.0 Å². The number of aromatic nitrogens is 1. The number of aliphatic hydroxyl groups is 1. The number of nitrogens with one attached hydrogen (secondary N) is 1. The van der Waals surface area contributed by atoms with Gasteiger partial charge >= 0.3 is 0 Å². The Morgan fingerprint density at radius 3 is 2.81 bits per heavy atom. The largest absolute Gasteiger partial charge is 0.399 e. The highest BCUT2D eigenvalue weighted by Gasteiger charge is 2.17. The van der Waals surface area contributed by atoms with Gasteiger partial charge in [0.05, 0.1) is 17.6 Å². The number of nitrogen functional groups attached to an aromatic ring is 1. The number of anilines is 1. The summed E-state index contributed by atoms with van der Waals surface area (Å²) >= 11 is 0. The number of fused-ring (bicyclic) bond motifs is 1. The predicted molar refractivity (Wildman–Crippen MR) is 83.7 cm³/mol. The highest BCUT2D eigenvalue weighted by atomic mass is 16.3. The van der Waals surface area contributed by atoms with Crippen LogP contribution >= 0.6 is 0 Å². The first-order valence-corrected chi connectivity index (χ1v) is 6.92. The maximum atomic E-state index is 11.9. The lowest BCUT2D eigenvalue weighted by Gasteiger charge is -2.21. The van der Waals surface area contributed by atoms with Gasteiger partial charge in [-0.15, -0.1) is 0 Å². The van der Waals surface area contributed by atoms with Crippen molar-refractivity contribution >= 4 is 22.5 Å². The minimum Gasteiger partial charge on any atom is -0.399 e. The van der Waals surface area contributed by atoms with Crippen LogP contribution in [-0.2, 0) is 11.2 Å². The highest BCUT2D eigenvalue weighted by molar-refractivity contribution is 5.83. The van der Waals surface area contributed by atoms with Gasteiger partial charge in [-0.2, -0.15) is 0 Å². The minimum atomic E-state index is -0.315. The molecule has 1 aromatic heterocycles. The molecule has 1 amide bonds.